The van der Waals surface area contributed by atoms with Crippen molar-refractivity contribution in [3.05, 3.63) is 51.2 Å². The maximum Gasteiger partial charge on any atom is 0.325 e. The Morgan fingerprint density at radius 2 is 1.97 bits per heavy atom. The Balaban J connectivity index is 1.25. The summed E-state index contributed by atoms with van der Waals surface area (Å²) in [6.07, 6.45) is 2.34. The fraction of sp³-hybridized carbons (Fsp3) is 0.409. The third kappa shape index (κ3) is 3.47. The van der Waals surface area contributed by atoms with Gasteiger partial charge in [-0.05, 0) is 48.9 Å². The van der Waals surface area contributed by atoms with E-state index in [1.807, 2.05) is 35.7 Å². The maximum absolute atomic E-state index is 13.3. The van der Waals surface area contributed by atoms with Crippen molar-refractivity contribution in [1.29, 1.82) is 0 Å². The molecule has 9 heteroatoms. The Kier molecular flexibility index (Phi) is 5.14. The first kappa shape index (κ1) is 20.3. The predicted octanol–water partition coefficient (Wildman–Crippen LogP) is 2.83. The molecule has 1 N–H and O–H groups in total. The van der Waals surface area contributed by atoms with E-state index < -0.39 is 11.6 Å². The van der Waals surface area contributed by atoms with Gasteiger partial charge < -0.3 is 15.1 Å². The number of halogens is 1. The second-order valence-electron chi connectivity index (χ2n) is 8.19. The molecule has 1 aromatic carbocycles. The van der Waals surface area contributed by atoms with Crippen LogP contribution in [0.2, 0.25) is 5.02 Å². The van der Waals surface area contributed by atoms with Gasteiger partial charge in [0.15, 0.2) is 0 Å². The van der Waals surface area contributed by atoms with Gasteiger partial charge in [0.25, 0.3) is 5.91 Å². The summed E-state index contributed by atoms with van der Waals surface area (Å²) >= 11 is 7.70. The largest absolute Gasteiger partial charge is 0.368 e. The van der Waals surface area contributed by atoms with Crippen LogP contribution >= 0.6 is 22.9 Å². The molecular weight excluding hydrogens is 436 g/mol. The molecule has 2 saturated heterocycles. The Hall–Kier alpha value is -2.58. The van der Waals surface area contributed by atoms with Crippen molar-refractivity contribution < 1.29 is 14.4 Å². The van der Waals surface area contributed by atoms with Crippen LogP contribution in [0.1, 0.15) is 23.3 Å². The molecule has 0 unspecified atom stereocenters. The van der Waals surface area contributed by atoms with Crippen LogP contribution in [-0.2, 0) is 21.5 Å². The lowest BCUT2D eigenvalue weighted by Gasteiger charge is -2.36. The van der Waals surface area contributed by atoms with Crippen molar-refractivity contribution >= 4 is 46.5 Å². The fourth-order valence-electron chi connectivity index (χ4n) is 4.81. The van der Waals surface area contributed by atoms with Gasteiger partial charge in [-0.25, -0.2) is 4.79 Å². The summed E-state index contributed by atoms with van der Waals surface area (Å²) in [4.78, 5) is 45.0. The van der Waals surface area contributed by atoms with Gasteiger partial charge in [-0.2, -0.15) is 0 Å². The number of urea groups is 1. The van der Waals surface area contributed by atoms with Gasteiger partial charge in [0.2, 0.25) is 5.91 Å². The molecular formula is C22H23ClN4O3S. The molecule has 7 nitrogen and oxygen atoms in total. The van der Waals surface area contributed by atoms with Crippen molar-refractivity contribution in [3.63, 3.8) is 0 Å². The van der Waals surface area contributed by atoms with Gasteiger partial charge in [-0.1, -0.05) is 17.7 Å². The van der Waals surface area contributed by atoms with Crippen LogP contribution in [0.3, 0.4) is 0 Å². The lowest BCUT2D eigenvalue weighted by molar-refractivity contribution is -0.139. The summed E-state index contributed by atoms with van der Waals surface area (Å²) in [7, 11) is 0. The molecule has 1 aromatic heterocycles. The van der Waals surface area contributed by atoms with Crippen molar-refractivity contribution in [2.45, 2.75) is 24.8 Å². The van der Waals surface area contributed by atoms with E-state index in [2.05, 4.69) is 10.2 Å². The van der Waals surface area contributed by atoms with Gasteiger partial charge in [0.05, 0.1) is 0 Å². The molecule has 0 saturated carbocycles. The molecule has 2 aliphatic heterocycles. The molecule has 5 rings (SSSR count). The van der Waals surface area contributed by atoms with E-state index in [-0.39, 0.29) is 18.4 Å². The molecule has 1 spiro atoms. The summed E-state index contributed by atoms with van der Waals surface area (Å²) in [6, 6.07) is 9.11. The van der Waals surface area contributed by atoms with Crippen LogP contribution in [0, 0.1) is 0 Å². The number of carbonyl (C=O) groups excluding carboxylic acids is 3. The number of piperazine rings is 1. The first-order valence-electron chi connectivity index (χ1n) is 10.5. The highest BCUT2D eigenvalue weighted by Crippen LogP contribution is 2.42. The average molecular weight is 459 g/mol. The number of carbonyl (C=O) groups is 3. The van der Waals surface area contributed by atoms with Gasteiger partial charge in [0, 0.05) is 47.3 Å². The Morgan fingerprint density at radius 3 is 2.74 bits per heavy atom. The van der Waals surface area contributed by atoms with E-state index >= 15 is 0 Å². The molecule has 3 aliphatic rings. The lowest BCUT2D eigenvalue weighted by atomic mass is 9.80. The van der Waals surface area contributed by atoms with Gasteiger partial charge >= 0.3 is 6.03 Å². The quantitative estimate of drug-likeness (QED) is 0.718. The predicted molar refractivity (Wildman–Crippen MR) is 119 cm³/mol. The normalized spacial score (nSPS) is 23.3. The fourth-order valence-corrected chi connectivity index (χ4v) is 5.99. The smallest absolute Gasteiger partial charge is 0.325 e. The van der Waals surface area contributed by atoms with E-state index in [4.69, 9.17) is 11.6 Å². The van der Waals surface area contributed by atoms with Crippen molar-refractivity contribution in [3.8, 4) is 0 Å². The summed E-state index contributed by atoms with van der Waals surface area (Å²) in [5.41, 5.74) is 0.919. The molecule has 1 atom stereocenters. The molecule has 0 radical (unpaired) electrons. The monoisotopic (exact) mass is 458 g/mol. The zero-order chi connectivity index (χ0) is 21.6. The lowest BCUT2D eigenvalue weighted by Crippen LogP contribution is -2.52. The van der Waals surface area contributed by atoms with Crippen molar-refractivity contribution in [2.75, 3.05) is 37.6 Å². The first-order chi connectivity index (χ1) is 15.0. The minimum absolute atomic E-state index is 0.201. The highest BCUT2D eigenvalue weighted by Gasteiger charge is 2.54. The van der Waals surface area contributed by atoms with Crippen LogP contribution in [0.15, 0.2) is 35.7 Å². The number of nitrogens with zero attached hydrogens (tertiary/aromatic N) is 3. The highest BCUT2D eigenvalue weighted by molar-refractivity contribution is 7.10. The van der Waals surface area contributed by atoms with Crippen molar-refractivity contribution in [2.24, 2.45) is 0 Å². The number of anilines is 1. The Morgan fingerprint density at radius 1 is 1.16 bits per heavy atom. The van der Waals surface area contributed by atoms with Crippen LogP contribution in [0.5, 0.6) is 0 Å². The third-order valence-electron chi connectivity index (χ3n) is 6.44. The number of amides is 4. The van der Waals surface area contributed by atoms with E-state index in [9.17, 15) is 14.4 Å². The van der Waals surface area contributed by atoms with E-state index in [0.717, 1.165) is 33.9 Å². The Bertz CT molecular complexity index is 1050. The van der Waals surface area contributed by atoms with Crippen LogP contribution in [-0.4, -0.2) is 60.4 Å². The van der Waals surface area contributed by atoms with Crippen LogP contribution in [0.25, 0.3) is 0 Å². The van der Waals surface area contributed by atoms with Gasteiger partial charge in [-0.15, -0.1) is 11.3 Å². The zero-order valence-electron chi connectivity index (χ0n) is 17.0. The van der Waals surface area contributed by atoms with Crippen LogP contribution in [0.4, 0.5) is 10.5 Å². The third-order valence-corrected chi connectivity index (χ3v) is 7.65. The molecule has 162 valence electrons. The number of hydrogen-bond acceptors (Lipinski definition) is 5. The van der Waals surface area contributed by atoms with E-state index in [1.54, 1.807) is 16.2 Å². The topological polar surface area (TPSA) is 73.0 Å². The summed E-state index contributed by atoms with van der Waals surface area (Å²) in [6.45, 7) is 2.20. The second-order valence-corrected chi connectivity index (χ2v) is 9.62. The summed E-state index contributed by atoms with van der Waals surface area (Å²) < 4.78 is 0. The number of nitrogens with one attached hydrogen (secondary N) is 1. The van der Waals surface area contributed by atoms with Crippen molar-refractivity contribution in [1.82, 2.24) is 15.1 Å². The number of thiophene rings is 1. The molecule has 1 aliphatic carbocycles. The number of benzene rings is 1. The zero-order valence-corrected chi connectivity index (χ0v) is 18.5. The molecule has 2 fully saturated rings. The molecule has 0 bridgehead atoms. The standard InChI is InChI=1S/C22H23ClN4O3S/c23-15-3-1-4-16(13-15)25-8-10-26(11-9-25)19(28)14-27-20(29)22(24-21(27)30)7-2-5-18-17(22)6-12-31-18/h1,3-4,6,12-13H,2,5,7-11,14H2,(H,24,30)/t22-/m0/s1. The Labute approximate surface area is 189 Å². The number of imide groups is 1. The summed E-state index contributed by atoms with van der Waals surface area (Å²) in [5.74, 6) is -0.504. The second kappa shape index (κ2) is 7.84. The number of aryl methyl sites for hydroxylation is 1. The molecule has 31 heavy (non-hydrogen) atoms. The maximum atomic E-state index is 13.3. The number of hydrogen-bond donors (Lipinski definition) is 1. The number of rotatable bonds is 3. The van der Waals surface area contributed by atoms with E-state index in [1.165, 1.54) is 0 Å². The minimum atomic E-state index is -1.00. The molecule has 3 heterocycles. The van der Waals surface area contributed by atoms with Crippen LogP contribution < -0.4 is 10.2 Å². The number of fused-ring (bicyclic) bond motifs is 2. The van der Waals surface area contributed by atoms with Gasteiger partial charge in [-0.3, -0.25) is 14.5 Å². The molecule has 4 amide bonds. The highest BCUT2D eigenvalue weighted by atomic mass is 35.5. The molecule has 2 aromatic rings. The SMILES string of the molecule is O=C(CN1C(=O)N[C@]2(CCCc3sccc32)C1=O)N1CCN(c2cccc(Cl)c2)CC1. The van der Waals surface area contributed by atoms with E-state index in [0.29, 0.717) is 37.6 Å². The first-order valence-corrected chi connectivity index (χ1v) is 11.7. The average Bonchev–Trinajstić information content (AvgIpc) is 3.34. The summed E-state index contributed by atoms with van der Waals surface area (Å²) in [5, 5.41) is 5.55. The van der Waals surface area contributed by atoms with Gasteiger partial charge in [0.1, 0.15) is 12.1 Å². The minimum Gasteiger partial charge on any atom is -0.368 e.